The maximum absolute atomic E-state index is 4.33. The summed E-state index contributed by atoms with van der Waals surface area (Å²) in [4.78, 5) is 0. The van der Waals surface area contributed by atoms with E-state index in [0.29, 0.717) is 0 Å². The van der Waals surface area contributed by atoms with Crippen molar-refractivity contribution in [2.45, 2.75) is 12.8 Å². The number of allylic oxidation sites excluding steroid dienone is 2. The van der Waals surface area contributed by atoms with Gasteiger partial charge >= 0.3 is 0 Å². The Balaban J connectivity index is 1.81. The SMILES string of the molecule is C=CCc1ccc(-c2nnc(-c3ccc(CC=C)cc3)s2)cc1. The van der Waals surface area contributed by atoms with Crippen LogP contribution in [0.25, 0.3) is 21.1 Å². The molecule has 0 atom stereocenters. The second-order valence-electron chi connectivity index (χ2n) is 5.29. The second kappa shape index (κ2) is 7.16. The van der Waals surface area contributed by atoms with Crippen molar-refractivity contribution in [3.05, 3.63) is 85.0 Å². The lowest BCUT2D eigenvalue weighted by Gasteiger charge is -1.99. The van der Waals surface area contributed by atoms with Crippen molar-refractivity contribution in [2.24, 2.45) is 0 Å². The van der Waals surface area contributed by atoms with Gasteiger partial charge in [0.1, 0.15) is 10.0 Å². The van der Waals surface area contributed by atoms with E-state index in [-0.39, 0.29) is 0 Å². The molecule has 2 aromatic carbocycles. The molecule has 3 heteroatoms. The first-order valence-electron chi connectivity index (χ1n) is 7.54. The minimum Gasteiger partial charge on any atom is -0.138 e. The number of benzene rings is 2. The van der Waals surface area contributed by atoms with Crippen molar-refractivity contribution < 1.29 is 0 Å². The number of hydrogen-bond acceptors (Lipinski definition) is 3. The summed E-state index contributed by atoms with van der Waals surface area (Å²) in [6.45, 7) is 7.53. The van der Waals surface area contributed by atoms with Crippen LogP contribution in [0.1, 0.15) is 11.1 Å². The molecule has 0 unspecified atom stereocenters. The summed E-state index contributed by atoms with van der Waals surface area (Å²) in [6.07, 6.45) is 5.60. The molecule has 0 aliphatic carbocycles. The molecular formula is C20H18N2S. The quantitative estimate of drug-likeness (QED) is 0.574. The summed E-state index contributed by atoms with van der Waals surface area (Å²) < 4.78 is 0. The van der Waals surface area contributed by atoms with Crippen LogP contribution in [0, 0.1) is 0 Å². The van der Waals surface area contributed by atoms with Gasteiger partial charge < -0.3 is 0 Å². The van der Waals surface area contributed by atoms with Crippen LogP contribution < -0.4 is 0 Å². The first-order valence-corrected chi connectivity index (χ1v) is 8.35. The molecule has 1 aromatic heterocycles. The third-order valence-corrected chi connectivity index (χ3v) is 4.61. The Labute approximate surface area is 140 Å². The zero-order valence-electron chi connectivity index (χ0n) is 12.9. The van der Waals surface area contributed by atoms with Gasteiger partial charge in [0.2, 0.25) is 0 Å². The summed E-state index contributed by atoms with van der Waals surface area (Å²) in [6, 6.07) is 16.8. The summed E-state index contributed by atoms with van der Waals surface area (Å²) >= 11 is 1.61. The molecule has 0 saturated carbocycles. The average molecular weight is 318 g/mol. The zero-order chi connectivity index (χ0) is 16.1. The van der Waals surface area contributed by atoms with E-state index < -0.39 is 0 Å². The topological polar surface area (TPSA) is 25.8 Å². The van der Waals surface area contributed by atoms with E-state index in [2.05, 4.69) is 71.9 Å². The molecule has 0 amide bonds. The Morgan fingerprint density at radius 3 is 1.43 bits per heavy atom. The Hall–Kier alpha value is -2.52. The Morgan fingerprint density at radius 2 is 1.09 bits per heavy atom. The van der Waals surface area contributed by atoms with Crippen molar-refractivity contribution in [3.8, 4) is 21.1 Å². The maximum atomic E-state index is 4.33. The van der Waals surface area contributed by atoms with Crippen molar-refractivity contribution in [3.63, 3.8) is 0 Å². The van der Waals surface area contributed by atoms with E-state index in [1.165, 1.54) is 11.1 Å². The van der Waals surface area contributed by atoms with Crippen LogP contribution in [0.5, 0.6) is 0 Å². The summed E-state index contributed by atoms with van der Waals surface area (Å²) in [5, 5.41) is 10.5. The highest BCUT2D eigenvalue weighted by Gasteiger charge is 2.08. The fourth-order valence-electron chi connectivity index (χ4n) is 2.36. The van der Waals surface area contributed by atoms with Crippen molar-refractivity contribution in [1.82, 2.24) is 10.2 Å². The molecule has 0 N–H and O–H groups in total. The van der Waals surface area contributed by atoms with Crippen LogP contribution in [0.4, 0.5) is 0 Å². The van der Waals surface area contributed by atoms with Crippen LogP contribution in [0.15, 0.2) is 73.8 Å². The number of nitrogens with zero attached hydrogens (tertiary/aromatic N) is 2. The summed E-state index contributed by atoms with van der Waals surface area (Å²) in [7, 11) is 0. The Kier molecular flexibility index (Phi) is 4.79. The highest BCUT2D eigenvalue weighted by Crippen LogP contribution is 2.30. The standard InChI is InChI=1S/C20H18N2S/c1-3-5-15-7-11-17(12-8-15)19-21-22-20(23-19)18-13-9-16(6-4-2)10-14-18/h3-4,7-14H,1-2,5-6H2. The van der Waals surface area contributed by atoms with Gasteiger partial charge in [-0.1, -0.05) is 72.0 Å². The zero-order valence-corrected chi connectivity index (χ0v) is 13.7. The van der Waals surface area contributed by atoms with Crippen molar-refractivity contribution >= 4 is 11.3 Å². The molecule has 0 aliphatic rings. The molecule has 0 bridgehead atoms. The van der Waals surface area contributed by atoms with E-state index >= 15 is 0 Å². The Morgan fingerprint density at radius 1 is 0.696 bits per heavy atom. The number of rotatable bonds is 6. The summed E-state index contributed by atoms with van der Waals surface area (Å²) in [5.41, 5.74) is 4.72. The number of aromatic nitrogens is 2. The molecular weight excluding hydrogens is 300 g/mol. The minimum absolute atomic E-state index is 0.888. The minimum atomic E-state index is 0.888. The average Bonchev–Trinajstić information content (AvgIpc) is 3.07. The second-order valence-corrected chi connectivity index (χ2v) is 6.27. The van der Waals surface area contributed by atoms with Gasteiger partial charge in [-0.3, -0.25) is 0 Å². The largest absolute Gasteiger partial charge is 0.148 e. The van der Waals surface area contributed by atoms with E-state index in [4.69, 9.17) is 0 Å². The van der Waals surface area contributed by atoms with Crippen molar-refractivity contribution in [2.75, 3.05) is 0 Å². The van der Waals surface area contributed by atoms with Crippen LogP contribution in [0.3, 0.4) is 0 Å². The molecule has 0 saturated heterocycles. The lowest BCUT2D eigenvalue weighted by molar-refractivity contribution is 1.10. The van der Waals surface area contributed by atoms with E-state index in [1.54, 1.807) is 11.3 Å². The van der Waals surface area contributed by atoms with Crippen LogP contribution in [-0.2, 0) is 12.8 Å². The van der Waals surface area contributed by atoms with Crippen LogP contribution in [0.2, 0.25) is 0 Å². The maximum Gasteiger partial charge on any atom is 0.148 e. The molecule has 0 spiro atoms. The molecule has 3 rings (SSSR count). The highest BCUT2D eigenvalue weighted by molar-refractivity contribution is 7.17. The molecule has 2 nitrogen and oxygen atoms in total. The lowest BCUT2D eigenvalue weighted by atomic mass is 10.1. The predicted molar refractivity (Wildman–Crippen MR) is 98.6 cm³/mol. The third kappa shape index (κ3) is 3.63. The lowest BCUT2D eigenvalue weighted by Crippen LogP contribution is -1.82. The predicted octanol–water partition coefficient (Wildman–Crippen LogP) is 5.33. The van der Waals surface area contributed by atoms with Gasteiger partial charge in [0.15, 0.2) is 0 Å². The molecule has 0 aliphatic heterocycles. The molecule has 114 valence electrons. The van der Waals surface area contributed by atoms with Gasteiger partial charge in [0.05, 0.1) is 0 Å². The van der Waals surface area contributed by atoms with Gasteiger partial charge in [-0.25, -0.2) is 0 Å². The molecule has 1 heterocycles. The van der Waals surface area contributed by atoms with Gasteiger partial charge in [-0.2, -0.15) is 0 Å². The fourth-order valence-corrected chi connectivity index (χ4v) is 3.21. The monoisotopic (exact) mass is 318 g/mol. The van der Waals surface area contributed by atoms with Gasteiger partial charge in [0, 0.05) is 11.1 Å². The highest BCUT2D eigenvalue weighted by atomic mass is 32.1. The first-order chi connectivity index (χ1) is 11.3. The van der Waals surface area contributed by atoms with E-state index in [1.807, 2.05) is 12.2 Å². The third-order valence-electron chi connectivity index (χ3n) is 3.59. The van der Waals surface area contributed by atoms with Gasteiger partial charge in [-0.05, 0) is 24.0 Å². The fraction of sp³-hybridized carbons (Fsp3) is 0.100. The van der Waals surface area contributed by atoms with Crippen molar-refractivity contribution in [1.29, 1.82) is 0 Å². The van der Waals surface area contributed by atoms with Gasteiger partial charge in [-0.15, -0.1) is 23.4 Å². The molecule has 0 fully saturated rings. The smallest absolute Gasteiger partial charge is 0.138 e. The van der Waals surface area contributed by atoms with E-state index in [9.17, 15) is 0 Å². The van der Waals surface area contributed by atoms with Crippen LogP contribution >= 0.6 is 11.3 Å². The summed E-state index contributed by atoms with van der Waals surface area (Å²) in [5.74, 6) is 0. The normalized spacial score (nSPS) is 10.4. The molecule has 23 heavy (non-hydrogen) atoms. The van der Waals surface area contributed by atoms with E-state index in [0.717, 1.165) is 34.0 Å². The molecule has 3 aromatic rings. The first kappa shape index (κ1) is 15.4. The van der Waals surface area contributed by atoms with Crippen LogP contribution in [-0.4, -0.2) is 10.2 Å². The molecule has 0 radical (unpaired) electrons. The van der Waals surface area contributed by atoms with Gasteiger partial charge in [0.25, 0.3) is 0 Å². The number of hydrogen-bond donors (Lipinski definition) is 0. The Bertz CT molecular complexity index is 730.